The van der Waals surface area contributed by atoms with Gasteiger partial charge in [-0.3, -0.25) is 4.98 Å². The van der Waals surface area contributed by atoms with E-state index in [4.69, 9.17) is 18.0 Å². The van der Waals surface area contributed by atoms with Crippen LogP contribution in [0.2, 0.25) is 0 Å². The second-order valence-electron chi connectivity index (χ2n) is 3.85. The zero-order chi connectivity index (χ0) is 12.0. The van der Waals surface area contributed by atoms with Crippen molar-refractivity contribution in [3.63, 3.8) is 0 Å². The van der Waals surface area contributed by atoms with E-state index in [1.54, 1.807) is 12.4 Å². The van der Waals surface area contributed by atoms with Crippen LogP contribution in [0.1, 0.15) is 32.3 Å². The highest BCUT2D eigenvalue weighted by Crippen LogP contribution is 2.15. The van der Waals surface area contributed by atoms with E-state index in [9.17, 15) is 0 Å². The Morgan fingerprint density at radius 1 is 1.50 bits per heavy atom. The third kappa shape index (κ3) is 3.45. The average Bonchev–Trinajstić information content (AvgIpc) is 2.30. The van der Waals surface area contributed by atoms with Gasteiger partial charge < -0.3 is 11.1 Å². The Hall–Kier alpha value is -1.16. The molecule has 4 heteroatoms. The smallest absolute Gasteiger partial charge is 0.106 e. The Bertz CT molecular complexity index is 348. The van der Waals surface area contributed by atoms with E-state index in [1.165, 1.54) is 12.8 Å². The number of nitrogens with one attached hydrogen (secondary N) is 1. The fourth-order valence-corrected chi connectivity index (χ4v) is 1.76. The molecule has 0 bridgehead atoms. The van der Waals surface area contributed by atoms with E-state index in [2.05, 4.69) is 24.1 Å². The predicted molar refractivity (Wildman–Crippen MR) is 72.7 cm³/mol. The lowest BCUT2D eigenvalue weighted by atomic mass is 10.0. The lowest BCUT2D eigenvalue weighted by Crippen LogP contribution is -2.17. The number of nitrogens with two attached hydrogens (primary N) is 1. The molecule has 3 N–H and O–H groups in total. The van der Waals surface area contributed by atoms with Gasteiger partial charge in [-0.05, 0) is 12.0 Å². The van der Waals surface area contributed by atoms with Gasteiger partial charge in [0.15, 0.2) is 0 Å². The molecular formula is C12H19N3S. The van der Waals surface area contributed by atoms with Crippen LogP contribution in [0, 0.1) is 5.92 Å². The van der Waals surface area contributed by atoms with Crippen LogP contribution in [0.15, 0.2) is 18.5 Å². The van der Waals surface area contributed by atoms with Crippen LogP contribution in [0.25, 0.3) is 0 Å². The van der Waals surface area contributed by atoms with Crippen LogP contribution in [0.3, 0.4) is 0 Å². The second-order valence-corrected chi connectivity index (χ2v) is 4.29. The molecule has 0 atom stereocenters. The summed E-state index contributed by atoms with van der Waals surface area (Å²) >= 11 is 5.00. The number of nitrogens with zero attached hydrogens (tertiary/aromatic N) is 1. The van der Waals surface area contributed by atoms with Gasteiger partial charge in [-0.25, -0.2) is 0 Å². The molecule has 1 heterocycles. The molecule has 0 saturated carbocycles. The molecule has 0 aromatic carbocycles. The van der Waals surface area contributed by atoms with Gasteiger partial charge in [0.05, 0.1) is 11.9 Å². The molecule has 1 rings (SSSR count). The zero-order valence-electron chi connectivity index (χ0n) is 9.86. The van der Waals surface area contributed by atoms with E-state index in [0.717, 1.165) is 17.8 Å². The molecule has 0 fully saturated rings. The first-order chi connectivity index (χ1) is 7.69. The topological polar surface area (TPSA) is 50.9 Å². The third-order valence-corrected chi connectivity index (χ3v) is 3.04. The van der Waals surface area contributed by atoms with Crippen LogP contribution in [0.5, 0.6) is 0 Å². The summed E-state index contributed by atoms with van der Waals surface area (Å²) in [4.78, 5) is 4.49. The zero-order valence-corrected chi connectivity index (χ0v) is 10.7. The lowest BCUT2D eigenvalue weighted by Gasteiger charge is -2.15. The molecule has 0 spiro atoms. The van der Waals surface area contributed by atoms with Gasteiger partial charge in [-0.2, -0.15) is 0 Å². The fraction of sp³-hybridized carbons (Fsp3) is 0.500. The monoisotopic (exact) mass is 237 g/mol. The van der Waals surface area contributed by atoms with Crippen molar-refractivity contribution < 1.29 is 0 Å². The van der Waals surface area contributed by atoms with Gasteiger partial charge in [-0.15, -0.1) is 0 Å². The van der Waals surface area contributed by atoms with Gasteiger partial charge in [0, 0.05) is 18.3 Å². The second kappa shape index (κ2) is 6.43. The van der Waals surface area contributed by atoms with E-state index in [-0.39, 0.29) is 0 Å². The molecule has 0 aliphatic carbocycles. The maximum atomic E-state index is 5.65. The third-order valence-electron chi connectivity index (χ3n) is 2.82. The summed E-state index contributed by atoms with van der Waals surface area (Å²) in [7, 11) is 0. The van der Waals surface area contributed by atoms with Crippen LogP contribution >= 0.6 is 12.2 Å². The Morgan fingerprint density at radius 3 is 2.75 bits per heavy atom. The van der Waals surface area contributed by atoms with Crippen LogP contribution in [-0.4, -0.2) is 16.5 Å². The summed E-state index contributed by atoms with van der Waals surface area (Å²) in [5, 5.41) is 3.37. The van der Waals surface area contributed by atoms with E-state index in [1.807, 2.05) is 6.07 Å². The van der Waals surface area contributed by atoms with E-state index in [0.29, 0.717) is 10.9 Å². The van der Waals surface area contributed by atoms with Gasteiger partial charge >= 0.3 is 0 Å². The molecule has 1 aromatic rings. The number of thiocarbonyl (C=S) groups is 1. The Kier molecular flexibility index (Phi) is 5.19. The van der Waals surface area contributed by atoms with Crippen molar-refractivity contribution >= 4 is 22.9 Å². The molecule has 3 nitrogen and oxygen atoms in total. The van der Waals surface area contributed by atoms with Crippen molar-refractivity contribution in [1.29, 1.82) is 0 Å². The molecule has 88 valence electrons. The van der Waals surface area contributed by atoms with Gasteiger partial charge in [0.2, 0.25) is 0 Å². The van der Waals surface area contributed by atoms with Crippen molar-refractivity contribution in [3.8, 4) is 0 Å². The van der Waals surface area contributed by atoms with Gasteiger partial charge in [0.25, 0.3) is 0 Å². The minimum atomic E-state index is 0.412. The Labute approximate surface area is 102 Å². The van der Waals surface area contributed by atoms with Crippen molar-refractivity contribution in [2.45, 2.75) is 26.7 Å². The molecule has 16 heavy (non-hydrogen) atoms. The minimum Gasteiger partial charge on any atom is -0.389 e. The summed E-state index contributed by atoms with van der Waals surface area (Å²) in [6.45, 7) is 5.34. The Balaban J connectivity index is 2.69. The van der Waals surface area contributed by atoms with Gasteiger partial charge in [-0.1, -0.05) is 38.9 Å². The maximum absolute atomic E-state index is 5.65. The number of hydrogen-bond donors (Lipinski definition) is 2. The van der Waals surface area contributed by atoms with Crippen molar-refractivity contribution in [1.82, 2.24) is 4.98 Å². The number of anilines is 1. The summed E-state index contributed by atoms with van der Waals surface area (Å²) in [6, 6.07) is 1.84. The molecule has 0 aliphatic rings. The average molecular weight is 237 g/mol. The number of rotatable bonds is 6. The highest BCUT2D eigenvalue weighted by molar-refractivity contribution is 7.80. The normalized spacial score (nSPS) is 10.4. The van der Waals surface area contributed by atoms with Crippen molar-refractivity contribution in [2.75, 3.05) is 11.9 Å². The summed E-state index contributed by atoms with van der Waals surface area (Å²) < 4.78 is 0. The number of pyridine rings is 1. The summed E-state index contributed by atoms with van der Waals surface area (Å²) in [5.41, 5.74) is 7.45. The summed E-state index contributed by atoms with van der Waals surface area (Å²) in [5.74, 6) is 0.680. The molecule has 1 aromatic heterocycles. The molecule has 0 radical (unpaired) electrons. The molecule has 0 unspecified atom stereocenters. The number of aromatic nitrogens is 1. The first-order valence-electron chi connectivity index (χ1n) is 5.66. The maximum Gasteiger partial charge on any atom is 0.106 e. The van der Waals surface area contributed by atoms with Crippen LogP contribution in [-0.2, 0) is 0 Å². The first kappa shape index (κ1) is 12.9. The van der Waals surface area contributed by atoms with Gasteiger partial charge in [0.1, 0.15) is 4.99 Å². The first-order valence-corrected chi connectivity index (χ1v) is 6.07. The molecule has 0 aliphatic heterocycles. The minimum absolute atomic E-state index is 0.412. The fourth-order valence-electron chi connectivity index (χ4n) is 1.58. The quantitative estimate of drug-likeness (QED) is 0.747. The highest BCUT2D eigenvalue weighted by Gasteiger charge is 2.07. The predicted octanol–water partition coefficient (Wildman–Crippen LogP) is 2.56. The number of hydrogen-bond acceptors (Lipinski definition) is 3. The standard InChI is InChI=1S/C12H19N3S/c1-3-9(4-2)7-15-11-8-14-6-5-10(11)12(13)16/h5-6,8-9,15H,3-4,7H2,1-2H3,(H2,13,16). The molecular weight excluding hydrogens is 218 g/mol. The Morgan fingerprint density at radius 2 is 2.19 bits per heavy atom. The largest absolute Gasteiger partial charge is 0.389 e. The molecule has 0 saturated heterocycles. The van der Waals surface area contributed by atoms with E-state index >= 15 is 0 Å². The lowest BCUT2D eigenvalue weighted by molar-refractivity contribution is 0.519. The highest BCUT2D eigenvalue weighted by atomic mass is 32.1. The molecule has 0 amide bonds. The SMILES string of the molecule is CCC(CC)CNc1cnccc1C(N)=S. The van der Waals surface area contributed by atoms with Crippen LogP contribution < -0.4 is 11.1 Å². The van der Waals surface area contributed by atoms with Crippen molar-refractivity contribution in [3.05, 3.63) is 24.0 Å². The summed E-state index contributed by atoms with van der Waals surface area (Å²) in [6.07, 6.45) is 5.83. The van der Waals surface area contributed by atoms with E-state index < -0.39 is 0 Å². The van der Waals surface area contributed by atoms with Crippen molar-refractivity contribution in [2.24, 2.45) is 11.7 Å². The van der Waals surface area contributed by atoms with Crippen LogP contribution in [0.4, 0.5) is 5.69 Å².